The Bertz CT molecular complexity index is 532. The molecule has 2 aromatic rings. The van der Waals surface area contributed by atoms with Crippen molar-refractivity contribution in [2.24, 2.45) is 0 Å². The lowest BCUT2D eigenvalue weighted by atomic mass is 10.2. The number of thiazole rings is 1. The van der Waals surface area contributed by atoms with Gasteiger partial charge < -0.3 is 5.32 Å². The van der Waals surface area contributed by atoms with E-state index in [9.17, 15) is 8.78 Å². The zero-order valence-electron chi connectivity index (χ0n) is 10.3. The fourth-order valence-corrected chi connectivity index (χ4v) is 2.49. The number of hydrogen-bond donors (Lipinski definition) is 1. The Balaban J connectivity index is 1.92. The lowest BCUT2D eigenvalue weighted by molar-refractivity contribution is 0.560. The number of hydrogen-bond acceptors (Lipinski definition) is 3. The van der Waals surface area contributed by atoms with E-state index in [0.717, 1.165) is 16.8 Å². The summed E-state index contributed by atoms with van der Waals surface area (Å²) in [6.07, 6.45) is 0. The van der Waals surface area contributed by atoms with Crippen molar-refractivity contribution in [1.82, 2.24) is 10.3 Å². The van der Waals surface area contributed by atoms with E-state index < -0.39 is 11.6 Å². The average Bonchev–Trinajstić information content (AvgIpc) is 2.61. The number of halogens is 2. The van der Waals surface area contributed by atoms with E-state index in [4.69, 9.17) is 0 Å². The minimum absolute atomic E-state index is 0.365. The van der Waals surface area contributed by atoms with Gasteiger partial charge in [-0.1, -0.05) is 6.07 Å². The van der Waals surface area contributed by atoms with E-state index in [1.807, 2.05) is 13.8 Å². The first kappa shape index (κ1) is 13.1. The van der Waals surface area contributed by atoms with Gasteiger partial charge in [-0.3, -0.25) is 0 Å². The van der Waals surface area contributed by atoms with Crippen molar-refractivity contribution < 1.29 is 8.78 Å². The summed E-state index contributed by atoms with van der Waals surface area (Å²) in [5.41, 5.74) is 1.49. The summed E-state index contributed by atoms with van der Waals surface area (Å²) in [6, 6.07) is 3.61. The minimum Gasteiger partial charge on any atom is -0.306 e. The molecular formula is C13H14F2N2S. The Morgan fingerprint density at radius 1 is 1.22 bits per heavy atom. The quantitative estimate of drug-likeness (QED) is 0.920. The Morgan fingerprint density at radius 3 is 2.61 bits per heavy atom. The molecule has 2 rings (SSSR count). The summed E-state index contributed by atoms with van der Waals surface area (Å²) >= 11 is 1.63. The fourth-order valence-electron chi connectivity index (χ4n) is 1.58. The molecule has 18 heavy (non-hydrogen) atoms. The van der Waals surface area contributed by atoms with Crippen molar-refractivity contribution >= 4 is 11.3 Å². The second-order valence-corrected chi connectivity index (χ2v) is 5.38. The molecule has 5 heteroatoms. The van der Waals surface area contributed by atoms with Gasteiger partial charge in [-0.25, -0.2) is 13.8 Å². The summed E-state index contributed by atoms with van der Waals surface area (Å²) < 4.78 is 26.1. The first-order valence-corrected chi connectivity index (χ1v) is 6.45. The predicted octanol–water partition coefficient (Wildman–Crippen LogP) is 3.33. The molecule has 2 nitrogen and oxygen atoms in total. The van der Waals surface area contributed by atoms with Crippen LogP contribution in [0.5, 0.6) is 0 Å². The lowest BCUT2D eigenvalue weighted by Gasteiger charge is -2.04. The van der Waals surface area contributed by atoms with Crippen molar-refractivity contribution in [3.8, 4) is 0 Å². The van der Waals surface area contributed by atoms with Gasteiger partial charge in [0.25, 0.3) is 0 Å². The Kier molecular flexibility index (Phi) is 4.04. The number of rotatable bonds is 4. The second kappa shape index (κ2) is 5.54. The number of nitrogens with zero attached hydrogens (tertiary/aromatic N) is 1. The molecule has 0 saturated heterocycles. The van der Waals surface area contributed by atoms with Crippen LogP contribution in [0.4, 0.5) is 8.78 Å². The molecule has 0 atom stereocenters. The van der Waals surface area contributed by atoms with Crippen LogP contribution < -0.4 is 5.32 Å². The maximum absolute atomic E-state index is 13.4. The van der Waals surface area contributed by atoms with Gasteiger partial charge in [0.2, 0.25) is 0 Å². The molecular weight excluding hydrogens is 254 g/mol. The van der Waals surface area contributed by atoms with Crippen LogP contribution in [0.2, 0.25) is 0 Å². The van der Waals surface area contributed by atoms with E-state index in [1.54, 1.807) is 11.3 Å². The molecule has 0 aliphatic rings. The van der Waals surface area contributed by atoms with E-state index in [0.29, 0.717) is 18.7 Å². The fraction of sp³-hybridized carbons (Fsp3) is 0.308. The molecule has 0 spiro atoms. The third-order valence-electron chi connectivity index (χ3n) is 2.68. The Hall–Kier alpha value is -1.33. The highest BCUT2D eigenvalue weighted by atomic mass is 32.1. The summed E-state index contributed by atoms with van der Waals surface area (Å²) in [4.78, 5) is 5.57. The van der Waals surface area contributed by atoms with Gasteiger partial charge in [0.05, 0.1) is 5.69 Å². The van der Waals surface area contributed by atoms with Crippen LogP contribution in [0.3, 0.4) is 0 Å². The zero-order chi connectivity index (χ0) is 13.1. The molecule has 0 saturated carbocycles. The molecule has 0 bridgehead atoms. The third kappa shape index (κ3) is 3.11. The molecule has 1 N–H and O–H groups in total. The lowest BCUT2D eigenvalue weighted by Crippen LogP contribution is -2.13. The van der Waals surface area contributed by atoms with Gasteiger partial charge in [0.1, 0.15) is 16.6 Å². The van der Waals surface area contributed by atoms with Gasteiger partial charge in [0, 0.05) is 29.6 Å². The van der Waals surface area contributed by atoms with Crippen LogP contribution >= 0.6 is 11.3 Å². The maximum atomic E-state index is 13.4. The first-order chi connectivity index (χ1) is 8.56. The molecule has 0 fully saturated rings. The number of nitrogens with one attached hydrogen (secondary N) is 1. The standard InChI is InChI=1S/C13H14F2N2S/c1-8-9(2)18-13(17-8)7-16-6-10-3-4-11(14)5-12(10)15/h3-5,16H,6-7H2,1-2H3. The van der Waals surface area contributed by atoms with Crippen molar-refractivity contribution in [2.75, 3.05) is 0 Å². The summed E-state index contributed by atoms with van der Waals surface area (Å²) in [5, 5.41) is 4.08. The van der Waals surface area contributed by atoms with Crippen LogP contribution in [0.25, 0.3) is 0 Å². The normalized spacial score (nSPS) is 10.9. The number of aromatic nitrogens is 1. The van der Waals surface area contributed by atoms with Gasteiger partial charge >= 0.3 is 0 Å². The summed E-state index contributed by atoms with van der Waals surface area (Å²) in [5.74, 6) is -1.07. The van der Waals surface area contributed by atoms with Gasteiger partial charge in [-0.05, 0) is 19.9 Å². The summed E-state index contributed by atoms with van der Waals surface area (Å²) in [6.45, 7) is 4.95. The third-order valence-corrected chi connectivity index (χ3v) is 3.75. The highest BCUT2D eigenvalue weighted by Crippen LogP contribution is 2.16. The van der Waals surface area contributed by atoms with Crippen LogP contribution in [0, 0.1) is 25.5 Å². The zero-order valence-corrected chi connectivity index (χ0v) is 11.1. The van der Waals surface area contributed by atoms with Crippen molar-refractivity contribution in [3.05, 3.63) is 51.0 Å². The van der Waals surface area contributed by atoms with E-state index >= 15 is 0 Å². The van der Waals surface area contributed by atoms with Gasteiger partial charge in [0.15, 0.2) is 0 Å². The molecule has 1 aromatic heterocycles. The van der Waals surface area contributed by atoms with Crippen LogP contribution in [-0.2, 0) is 13.1 Å². The molecule has 96 valence electrons. The van der Waals surface area contributed by atoms with Gasteiger partial charge in [-0.15, -0.1) is 11.3 Å². The van der Waals surface area contributed by atoms with Crippen LogP contribution in [0.15, 0.2) is 18.2 Å². The van der Waals surface area contributed by atoms with Gasteiger partial charge in [-0.2, -0.15) is 0 Å². The predicted molar refractivity (Wildman–Crippen MR) is 68.5 cm³/mol. The monoisotopic (exact) mass is 268 g/mol. The highest BCUT2D eigenvalue weighted by molar-refractivity contribution is 7.11. The maximum Gasteiger partial charge on any atom is 0.130 e. The van der Waals surface area contributed by atoms with Crippen molar-refractivity contribution in [1.29, 1.82) is 0 Å². The van der Waals surface area contributed by atoms with E-state index in [-0.39, 0.29) is 0 Å². The minimum atomic E-state index is -0.553. The van der Waals surface area contributed by atoms with E-state index in [2.05, 4.69) is 10.3 Å². The molecule has 0 aliphatic carbocycles. The van der Waals surface area contributed by atoms with Crippen LogP contribution in [0.1, 0.15) is 21.1 Å². The molecule has 0 unspecified atom stereocenters. The molecule has 0 amide bonds. The van der Waals surface area contributed by atoms with Crippen molar-refractivity contribution in [3.63, 3.8) is 0 Å². The number of aryl methyl sites for hydroxylation is 2. The molecule has 1 aromatic carbocycles. The summed E-state index contributed by atoms with van der Waals surface area (Å²) in [7, 11) is 0. The smallest absolute Gasteiger partial charge is 0.130 e. The van der Waals surface area contributed by atoms with E-state index in [1.165, 1.54) is 17.0 Å². The largest absolute Gasteiger partial charge is 0.306 e. The molecule has 0 radical (unpaired) electrons. The Morgan fingerprint density at radius 2 is 2.00 bits per heavy atom. The Labute approximate surface area is 109 Å². The highest BCUT2D eigenvalue weighted by Gasteiger charge is 2.05. The average molecular weight is 268 g/mol. The van der Waals surface area contributed by atoms with Crippen LogP contribution in [-0.4, -0.2) is 4.98 Å². The first-order valence-electron chi connectivity index (χ1n) is 5.64. The topological polar surface area (TPSA) is 24.9 Å². The number of benzene rings is 1. The van der Waals surface area contributed by atoms with Crippen molar-refractivity contribution in [2.45, 2.75) is 26.9 Å². The molecule has 0 aliphatic heterocycles. The second-order valence-electron chi connectivity index (χ2n) is 4.09. The SMILES string of the molecule is Cc1nc(CNCc2ccc(F)cc2F)sc1C. The molecule has 1 heterocycles.